The second-order valence-electron chi connectivity index (χ2n) is 6.54. The third-order valence-electron chi connectivity index (χ3n) is 4.25. The van der Waals surface area contributed by atoms with E-state index in [1.54, 1.807) is 4.24 Å². The van der Waals surface area contributed by atoms with Gasteiger partial charge in [0.05, 0.1) is 28.8 Å². The van der Waals surface area contributed by atoms with Gasteiger partial charge >= 0.3 is 0 Å². The maximum absolute atomic E-state index is 15.1. The van der Waals surface area contributed by atoms with Crippen LogP contribution in [0.1, 0.15) is 11.1 Å². The number of nitrogens with one attached hydrogen (secondary N) is 2. The number of sulfonamides is 1. The predicted molar refractivity (Wildman–Crippen MR) is 123 cm³/mol. The average molecular weight is 529 g/mol. The van der Waals surface area contributed by atoms with Gasteiger partial charge in [0, 0.05) is 10.6 Å². The molecule has 0 atom stereocenters. The molecule has 0 bridgehead atoms. The normalized spacial score (nSPS) is 11.0. The lowest BCUT2D eigenvalue weighted by molar-refractivity contribution is -0.115. The molecule has 3 aromatic rings. The zero-order chi connectivity index (χ0) is 24.2. The number of carbonyl (C=O) groups is 1. The summed E-state index contributed by atoms with van der Waals surface area (Å²) in [6.45, 7) is 0. The minimum Gasteiger partial charge on any atom is -0.453 e. The monoisotopic (exact) mass is 527 g/mol. The van der Waals surface area contributed by atoms with Crippen LogP contribution in [0.15, 0.2) is 59.5 Å². The van der Waals surface area contributed by atoms with Gasteiger partial charge in [-0.2, -0.15) is 5.26 Å². The molecule has 0 saturated carbocycles. The molecule has 2 N–H and O–H groups in total. The first kappa shape index (κ1) is 24.8. The van der Waals surface area contributed by atoms with Crippen LogP contribution in [-0.2, 0) is 21.2 Å². The Bertz CT molecular complexity index is 1380. The van der Waals surface area contributed by atoms with Crippen molar-refractivity contribution in [2.75, 3.05) is 5.32 Å². The van der Waals surface area contributed by atoms with E-state index in [1.807, 2.05) is 6.07 Å². The van der Waals surface area contributed by atoms with Crippen LogP contribution in [0.4, 0.5) is 10.1 Å². The number of nitrogens with zero attached hydrogens (tertiary/aromatic N) is 1. The van der Waals surface area contributed by atoms with Crippen molar-refractivity contribution < 1.29 is 22.3 Å². The highest BCUT2D eigenvalue weighted by molar-refractivity contribution is 7.90. The van der Waals surface area contributed by atoms with E-state index in [0.29, 0.717) is 0 Å². The molecule has 7 nitrogen and oxygen atoms in total. The van der Waals surface area contributed by atoms with E-state index in [9.17, 15) is 13.2 Å². The van der Waals surface area contributed by atoms with Crippen LogP contribution < -0.4 is 14.3 Å². The van der Waals surface area contributed by atoms with Crippen LogP contribution in [-0.4, -0.2) is 14.3 Å². The molecule has 0 aliphatic carbocycles. The summed E-state index contributed by atoms with van der Waals surface area (Å²) in [7, 11) is -4.06. The van der Waals surface area contributed by atoms with Crippen LogP contribution in [0.5, 0.6) is 11.5 Å². The Labute approximate surface area is 203 Å². The maximum atomic E-state index is 15.1. The molecule has 1 amide bonds. The Hall–Kier alpha value is -2.87. The number of anilines is 1. The van der Waals surface area contributed by atoms with Crippen molar-refractivity contribution in [3.8, 4) is 17.6 Å². The molecule has 0 radical (unpaired) electrons. The van der Waals surface area contributed by atoms with Gasteiger partial charge in [-0.05, 0) is 48.2 Å². The molecular formula is C21H13Cl3FN3O4S. The third kappa shape index (κ3) is 5.93. The highest BCUT2D eigenvalue weighted by atomic mass is 35.5. The second-order valence-corrected chi connectivity index (χ2v) is 9.45. The van der Waals surface area contributed by atoms with Gasteiger partial charge < -0.3 is 10.1 Å². The Balaban J connectivity index is 1.86. The molecule has 0 unspecified atom stereocenters. The molecule has 0 aliphatic heterocycles. The summed E-state index contributed by atoms with van der Waals surface area (Å²) in [5, 5.41) is 11.6. The van der Waals surface area contributed by atoms with E-state index in [2.05, 4.69) is 5.32 Å². The summed E-state index contributed by atoms with van der Waals surface area (Å²) >= 11 is 17.3. The van der Waals surface area contributed by atoms with Crippen molar-refractivity contribution in [1.29, 1.82) is 5.26 Å². The van der Waals surface area contributed by atoms with Crippen LogP contribution >= 0.6 is 35.0 Å². The standard InChI is InChI=1S/C21H13Cl3FN3O4S/c22-14-7-12(11-26)8-15(10-14)32-21-16(23)6-5-13(20(21)25)9-19(29)27-17-3-1-2-4-18(17)33(30,31)28-24/h1-8,10,28H,9H2,(H,27,29). The van der Waals surface area contributed by atoms with E-state index >= 15 is 4.39 Å². The number of hydrogen-bond donors (Lipinski definition) is 2. The van der Waals surface area contributed by atoms with E-state index in [0.717, 1.165) is 0 Å². The van der Waals surface area contributed by atoms with Crippen molar-refractivity contribution in [2.24, 2.45) is 0 Å². The lowest BCUT2D eigenvalue weighted by atomic mass is 10.1. The largest absolute Gasteiger partial charge is 0.453 e. The topological polar surface area (TPSA) is 108 Å². The SMILES string of the molecule is N#Cc1cc(Cl)cc(Oc2c(Cl)ccc(CC(=O)Nc3ccccc3S(=O)(=O)NCl)c2F)c1. The number of halogens is 4. The quantitative estimate of drug-likeness (QED) is 0.399. The molecule has 0 aromatic heterocycles. The maximum Gasteiger partial charge on any atom is 0.255 e. The zero-order valence-electron chi connectivity index (χ0n) is 16.4. The van der Waals surface area contributed by atoms with Gasteiger partial charge in [0.2, 0.25) is 5.91 Å². The van der Waals surface area contributed by atoms with E-state index in [4.69, 9.17) is 45.0 Å². The summed E-state index contributed by atoms with van der Waals surface area (Å²) in [4.78, 5) is 12.3. The first-order valence-corrected chi connectivity index (χ1v) is 11.6. The number of benzene rings is 3. The molecule has 33 heavy (non-hydrogen) atoms. The minimum atomic E-state index is -4.06. The lowest BCUT2D eigenvalue weighted by Crippen LogP contribution is -2.20. The van der Waals surface area contributed by atoms with Gasteiger partial charge in [-0.15, -0.1) is 4.24 Å². The van der Waals surface area contributed by atoms with Crippen molar-refractivity contribution in [3.05, 3.63) is 81.6 Å². The van der Waals surface area contributed by atoms with Crippen molar-refractivity contribution >= 4 is 56.6 Å². The van der Waals surface area contributed by atoms with Gasteiger partial charge in [0.1, 0.15) is 10.6 Å². The molecule has 0 spiro atoms. The van der Waals surface area contributed by atoms with Crippen molar-refractivity contribution in [1.82, 2.24) is 4.24 Å². The molecule has 0 aliphatic rings. The number of ether oxygens (including phenoxy) is 1. The molecule has 0 saturated heterocycles. The highest BCUT2D eigenvalue weighted by Gasteiger charge is 2.21. The number of carbonyl (C=O) groups excluding carboxylic acids is 1. The van der Waals surface area contributed by atoms with Gasteiger partial charge in [-0.3, -0.25) is 4.79 Å². The Morgan fingerprint density at radius 3 is 2.55 bits per heavy atom. The van der Waals surface area contributed by atoms with Crippen LogP contribution in [0.25, 0.3) is 0 Å². The Kier molecular flexibility index (Phi) is 7.79. The average Bonchev–Trinajstić information content (AvgIpc) is 2.78. The first-order valence-electron chi connectivity index (χ1n) is 9.01. The van der Waals surface area contributed by atoms with Gasteiger partial charge in [-0.1, -0.05) is 41.4 Å². The summed E-state index contributed by atoms with van der Waals surface area (Å²) in [5.41, 5.74) is 0.0966. The van der Waals surface area contributed by atoms with Crippen molar-refractivity contribution in [2.45, 2.75) is 11.3 Å². The number of amides is 1. The van der Waals surface area contributed by atoms with E-state index < -0.39 is 28.2 Å². The predicted octanol–water partition coefficient (Wildman–Crippen LogP) is 5.41. The van der Waals surface area contributed by atoms with Gasteiger partial charge in [-0.25, -0.2) is 12.8 Å². The molecule has 170 valence electrons. The van der Waals surface area contributed by atoms with Crippen LogP contribution in [0.3, 0.4) is 0 Å². The summed E-state index contributed by atoms with van der Waals surface area (Å²) in [5.74, 6) is -1.88. The summed E-state index contributed by atoms with van der Waals surface area (Å²) < 4.78 is 46.3. The number of para-hydroxylation sites is 1. The smallest absolute Gasteiger partial charge is 0.255 e. The number of nitriles is 1. The van der Waals surface area contributed by atoms with Crippen LogP contribution in [0, 0.1) is 17.1 Å². The van der Waals surface area contributed by atoms with Gasteiger partial charge in [0.25, 0.3) is 10.0 Å². The highest BCUT2D eigenvalue weighted by Crippen LogP contribution is 2.35. The lowest BCUT2D eigenvalue weighted by Gasteiger charge is -2.13. The third-order valence-corrected chi connectivity index (χ3v) is 6.52. The summed E-state index contributed by atoms with van der Waals surface area (Å²) in [6.07, 6.45) is -0.457. The van der Waals surface area contributed by atoms with E-state index in [-0.39, 0.29) is 43.3 Å². The molecule has 0 heterocycles. The van der Waals surface area contributed by atoms with Crippen LogP contribution in [0.2, 0.25) is 10.0 Å². The second kappa shape index (κ2) is 10.4. The zero-order valence-corrected chi connectivity index (χ0v) is 19.5. The Morgan fingerprint density at radius 2 is 1.85 bits per heavy atom. The first-order chi connectivity index (χ1) is 15.6. The molecular weight excluding hydrogens is 516 g/mol. The van der Waals surface area contributed by atoms with Gasteiger partial charge in [0.15, 0.2) is 11.6 Å². The molecule has 3 aromatic carbocycles. The van der Waals surface area contributed by atoms with Crippen molar-refractivity contribution in [3.63, 3.8) is 0 Å². The minimum absolute atomic E-state index is 0.0375. The summed E-state index contributed by atoms with van der Waals surface area (Å²) in [6, 6.07) is 14.2. The number of hydrogen-bond acceptors (Lipinski definition) is 5. The van der Waals surface area contributed by atoms with E-state index in [1.165, 1.54) is 54.6 Å². The molecule has 12 heteroatoms. The Morgan fingerprint density at radius 1 is 1.12 bits per heavy atom. The fourth-order valence-corrected chi connectivity index (χ4v) is 4.23. The number of rotatable bonds is 7. The fourth-order valence-electron chi connectivity index (χ4n) is 2.82. The molecule has 0 fully saturated rings. The fraction of sp³-hybridized carbons (Fsp3) is 0.0476. The molecule has 3 rings (SSSR count).